The van der Waals surface area contributed by atoms with Gasteiger partial charge < -0.3 is 46.1 Å². The van der Waals surface area contributed by atoms with E-state index in [1.807, 2.05) is 90.8 Å². The maximum absolute atomic E-state index is 12.6. The second-order valence-electron chi connectivity index (χ2n) is 14.6. The molecule has 0 aromatic heterocycles. The summed E-state index contributed by atoms with van der Waals surface area (Å²) in [5.41, 5.74) is 13.3. The number of anilines is 2. The Morgan fingerprint density at radius 3 is 2.26 bits per heavy atom. The highest BCUT2D eigenvalue weighted by molar-refractivity contribution is 5.93. The maximum Gasteiger partial charge on any atom is 0.224 e. The molecule has 4 unspecified atom stereocenters. The monoisotopic (exact) mass is 772 g/mol. The fraction of sp³-hybridized carbons (Fsp3) is 0.304. The van der Waals surface area contributed by atoms with Gasteiger partial charge in [0.05, 0.1) is 36.3 Å². The normalized spacial score (nSPS) is 17.2. The number of likely N-dealkylation sites (N-methyl/N-ethyl adjacent to an activating group) is 1. The van der Waals surface area contributed by atoms with Gasteiger partial charge in [0.2, 0.25) is 11.8 Å². The summed E-state index contributed by atoms with van der Waals surface area (Å²) in [5, 5.41) is 36.1. The Morgan fingerprint density at radius 1 is 0.807 bits per heavy atom. The fourth-order valence-corrected chi connectivity index (χ4v) is 6.97. The number of phenols is 1. The number of amides is 2. The molecule has 57 heavy (non-hydrogen) atoms. The van der Waals surface area contributed by atoms with E-state index in [0.29, 0.717) is 68.7 Å². The van der Waals surface area contributed by atoms with E-state index in [4.69, 9.17) is 15.2 Å². The minimum Gasteiger partial charge on any atom is -0.508 e. The topological polar surface area (TPSA) is 167 Å². The van der Waals surface area contributed by atoms with Crippen LogP contribution in [0.25, 0.3) is 11.1 Å². The first kappa shape index (κ1) is 41.1. The van der Waals surface area contributed by atoms with Gasteiger partial charge in [0, 0.05) is 44.5 Å². The van der Waals surface area contributed by atoms with Crippen LogP contribution in [-0.4, -0.2) is 58.3 Å². The highest BCUT2D eigenvalue weighted by Crippen LogP contribution is 2.39. The summed E-state index contributed by atoms with van der Waals surface area (Å²) in [5.74, 6) is -0.0790. The number of carbonyl (C=O) groups excluding carboxylic acids is 2. The van der Waals surface area contributed by atoms with Gasteiger partial charge in [-0.15, -0.1) is 0 Å². The minimum atomic E-state index is -0.778. The number of benzene rings is 5. The number of rotatable bonds is 17. The molecule has 0 bridgehead atoms. The number of hydrogen-bond donors (Lipinski definition) is 6. The molecule has 5 aromatic carbocycles. The Labute approximate surface area is 334 Å². The molecule has 5 aromatic rings. The van der Waals surface area contributed by atoms with Crippen LogP contribution in [0.4, 0.5) is 11.4 Å². The van der Waals surface area contributed by atoms with Gasteiger partial charge >= 0.3 is 0 Å². The molecule has 2 amide bonds. The lowest BCUT2D eigenvalue weighted by molar-refractivity contribution is -0.252. The van der Waals surface area contributed by atoms with Crippen LogP contribution in [-0.2, 0) is 32.2 Å². The summed E-state index contributed by atoms with van der Waals surface area (Å²) in [7, 11) is 1.94. The van der Waals surface area contributed by atoms with Crippen LogP contribution >= 0.6 is 0 Å². The van der Waals surface area contributed by atoms with E-state index in [1.165, 1.54) is 0 Å². The number of aliphatic hydroxyl groups excluding tert-OH is 2. The van der Waals surface area contributed by atoms with Crippen molar-refractivity contribution in [3.63, 3.8) is 0 Å². The van der Waals surface area contributed by atoms with E-state index in [2.05, 4.69) is 16.7 Å². The predicted octanol–water partition coefficient (Wildman–Crippen LogP) is 7.16. The van der Waals surface area contributed by atoms with Gasteiger partial charge in [0.1, 0.15) is 5.75 Å². The summed E-state index contributed by atoms with van der Waals surface area (Å²) in [6, 6.07) is 37.7. The molecular formula is C46H52N4O7. The molecular weight excluding hydrogens is 721 g/mol. The van der Waals surface area contributed by atoms with Crippen molar-refractivity contribution in [2.75, 3.05) is 31.2 Å². The summed E-state index contributed by atoms with van der Waals surface area (Å²) in [4.78, 5) is 26.9. The number of hydrogen-bond acceptors (Lipinski definition) is 9. The molecule has 1 aliphatic heterocycles. The van der Waals surface area contributed by atoms with Crippen molar-refractivity contribution < 1.29 is 34.4 Å². The van der Waals surface area contributed by atoms with Crippen molar-refractivity contribution in [2.45, 2.75) is 69.9 Å². The van der Waals surface area contributed by atoms with Gasteiger partial charge in [-0.25, -0.2) is 0 Å². The summed E-state index contributed by atoms with van der Waals surface area (Å²) in [6.07, 6.45) is 0.563. The van der Waals surface area contributed by atoms with E-state index in [0.717, 1.165) is 33.4 Å². The smallest absolute Gasteiger partial charge is 0.224 e. The third-order valence-corrected chi connectivity index (χ3v) is 10.1. The first-order valence-electron chi connectivity index (χ1n) is 19.4. The Morgan fingerprint density at radius 2 is 1.53 bits per heavy atom. The number of aromatic hydroxyl groups is 1. The van der Waals surface area contributed by atoms with Crippen molar-refractivity contribution in [3.05, 3.63) is 149 Å². The molecule has 1 aliphatic rings. The first-order chi connectivity index (χ1) is 27.6. The lowest BCUT2D eigenvalue weighted by atomic mass is 9.98. The third-order valence-electron chi connectivity index (χ3n) is 10.1. The van der Waals surface area contributed by atoms with Crippen LogP contribution < -0.4 is 16.4 Å². The average Bonchev–Trinajstić information content (AvgIpc) is 3.22. The van der Waals surface area contributed by atoms with Crippen LogP contribution in [0.15, 0.2) is 121 Å². The number of ether oxygens (including phenoxy) is 2. The first-order valence-corrected chi connectivity index (χ1v) is 19.4. The molecule has 0 saturated carbocycles. The Bertz CT molecular complexity index is 2070. The van der Waals surface area contributed by atoms with Crippen LogP contribution in [0.3, 0.4) is 0 Å². The van der Waals surface area contributed by atoms with Gasteiger partial charge in [-0.3, -0.25) is 9.59 Å². The summed E-state index contributed by atoms with van der Waals surface area (Å²) >= 11 is 0. The lowest BCUT2D eigenvalue weighted by Gasteiger charge is -2.38. The van der Waals surface area contributed by atoms with Crippen molar-refractivity contribution >= 4 is 23.2 Å². The number of nitrogens with two attached hydrogens (primary N) is 1. The van der Waals surface area contributed by atoms with Gasteiger partial charge in [-0.05, 0) is 83.6 Å². The van der Waals surface area contributed by atoms with Gasteiger partial charge in [0.15, 0.2) is 6.29 Å². The van der Waals surface area contributed by atoms with E-state index < -0.39 is 12.4 Å². The highest BCUT2D eigenvalue weighted by atomic mass is 16.7. The average molecular weight is 773 g/mol. The number of para-hydroxylation sites is 2. The number of phenolic OH excluding ortho intramolecular Hbond substituents is 1. The molecule has 11 heteroatoms. The van der Waals surface area contributed by atoms with Gasteiger partial charge in [-0.1, -0.05) is 91.0 Å². The summed E-state index contributed by atoms with van der Waals surface area (Å²) in [6.45, 7) is 1.26. The molecule has 7 N–H and O–H groups in total. The van der Waals surface area contributed by atoms with Crippen molar-refractivity contribution in [3.8, 4) is 16.9 Å². The molecule has 1 heterocycles. The highest BCUT2D eigenvalue weighted by Gasteiger charge is 2.33. The van der Waals surface area contributed by atoms with Gasteiger partial charge in [-0.2, -0.15) is 0 Å². The molecule has 11 nitrogen and oxygen atoms in total. The fourth-order valence-electron chi connectivity index (χ4n) is 6.97. The quantitative estimate of drug-likeness (QED) is 0.0425. The Kier molecular flexibility index (Phi) is 14.4. The number of aliphatic hydroxyl groups is 2. The lowest BCUT2D eigenvalue weighted by Crippen LogP contribution is -2.39. The SMILES string of the molecule is CN(CC1CC(c2ccc(CO)cc2)OC(c2ccc(-c3cccc(CNC(=O)CCCCC(=O)Nc4ccccc4N)c3)cc2)O1)CC(O)c1cccc(O)c1. The summed E-state index contributed by atoms with van der Waals surface area (Å²) < 4.78 is 13.1. The van der Waals surface area contributed by atoms with Crippen molar-refractivity contribution in [1.29, 1.82) is 0 Å². The zero-order valence-corrected chi connectivity index (χ0v) is 32.2. The van der Waals surface area contributed by atoms with Crippen LogP contribution in [0, 0.1) is 0 Å². The standard InChI is InChI=1S/C46H52N4O7/c1-50(29-42(53)37-10-7-11-38(52)25-37)28-39-26-43(34-18-16-31(30-51)17-19-34)57-46(56-39)35-22-20-33(21-23-35)36-9-6-8-32(24-36)27-48-44(54)14-4-5-15-45(55)49-41-13-3-2-12-40(41)47/h2-3,6-13,16-25,39,42-43,46,51-53H,4-5,14-15,26-30,47H2,1H3,(H,48,54)(H,49,55). The van der Waals surface area contributed by atoms with Crippen molar-refractivity contribution in [1.82, 2.24) is 10.2 Å². The number of nitrogen functional groups attached to an aromatic ring is 1. The van der Waals surface area contributed by atoms with Crippen LogP contribution in [0.5, 0.6) is 5.75 Å². The molecule has 6 rings (SSSR count). The number of unbranched alkanes of at least 4 members (excludes halogenated alkanes) is 1. The second kappa shape index (κ2) is 20.0. The number of nitrogens with one attached hydrogen (secondary N) is 2. The zero-order valence-electron chi connectivity index (χ0n) is 32.2. The molecule has 4 atom stereocenters. The molecule has 0 spiro atoms. The predicted molar refractivity (Wildman–Crippen MR) is 221 cm³/mol. The number of nitrogens with zero attached hydrogens (tertiary/aromatic N) is 1. The number of carbonyl (C=O) groups is 2. The van der Waals surface area contributed by atoms with Crippen LogP contribution in [0.1, 0.15) is 78.4 Å². The van der Waals surface area contributed by atoms with Crippen LogP contribution in [0.2, 0.25) is 0 Å². The largest absolute Gasteiger partial charge is 0.508 e. The Hall–Kier alpha value is -5.56. The van der Waals surface area contributed by atoms with E-state index in [1.54, 1.807) is 36.4 Å². The van der Waals surface area contributed by atoms with Gasteiger partial charge in [0.25, 0.3) is 0 Å². The molecule has 0 aliphatic carbocycles. The molecule has 1 saturated heterocycles. The van der Waals surface area contributed by atoms with Crippen molar-refractivity contribution in [2.24, 2.45) is 0 Å². The minimum absolute atomic E-state index is 0.0358. The maximum atomic E-state index is 12.6. The third kappa shape index (κ3) is 12.0. The van der Waals surface area contributed by atoms with E-state index in [9.17, 15) is 24.9 Å². The van der Waals surface area contributed by atoms with E-state index in [-0.39, 0.29) is 36.4 Å². The zero-order chi connectivity index (χ0) is 40.1. The van der Waals surface area contributed by atoms with E-state index >= 15 is 0 Å². The molecule has 1 fully saturated rings. The Balaban J connectivity index is 1.03. The second-order valence-corrected chi connectivity index (χ2v) is 14.6. The molecule has 298 valence electrons. The molecule has 0 radical (unpaired) electrons.